The molecule has 17 heavy (non-hydrogen) atoms. The summed E-state index contributed by atoms with van der Waals surface area (Å²) in [6, 6.07) is 9.27. The van der Waals surface area contributed by atoms with Crippen molar-refractivity contribution in [2.75, 3.05) is 11.4 Å². The smallest absolute Gasteiger partial charge is 0.0368 e. The maximum absolute atomic E-state index is 5.87. The molecule has 1 rings (SSSR count). The topological polar surface area (TPSA) is 29.3 Å². The SMILES string of the molecule is CC(C)CN(c1ccc([C@H](C)N)cc1)C(C)C. The van der Waals surface area contributed by atoms with Crippen LogP contribution in [0.15, 0.2) is 24.3 Å². The number of hydrogen-bond donors (Lipinski definition) is 1. The Bertz CT molecular complexity index is 325. The van der Waals surface area contributed by atoms with Gasteiger partial charge in [-0.05, 0) is 44.4 Å². The van der Waals surface area contributed by atoms with Gasteiger partial charge < -0.3 is 10.6 Å². The summed E-state index contributed by atoms with van der Waals surface area (Å²) in [6.45, 7) is 12.1. The van der Waals surface area contributed by atoms with Crippen LogP contribution in [0.25, 0.3) is 0 Å². The molecule has 0 fully saturated rings. The highest BCUT2D eigenvalue weighted by Crippen LogP contribution is 2.21. The standard InChI is InChI=1S/C15H26N2/c1-11(2)10-17(12(3)4)15-8-6-14(7-9-15)13(5)16/h6-9,11-13H,10,16H2,1-5H3/t13-/m0/s1. The van der Waals surface area contributed by atoms with E-state index in [1.807, 2.05) is 6.92 Å². The van der Waals surface area contributed by atoms with E-state index < -0.39 is 0 Å². The van der Waals surface area contributed by atoms with E-state index in [1.54, 1.807) is 0 Å². The van der Waals surface area contributed by atoms with Crippen molar-refractivity contribution in [2.45, 2.75) is 46.7 Å². The lowest BCUT2D eigenvalue weighted by atomic mass is 10.1. The quantitative estimate of drug-likeness (QED) is 0.844. The van der Waals surface area contributed by atoms with Gasteiger partial charge in [0.25, 0.3) is 0 Å². The molecular weight excluding hydrogens is 208 g/mol. The molecule has 2 nitrogen and oxygen atoms in total. The Balaban J connectivity index is 2.87. The summed E-state index contributed by atoms with van der Waals surface area (Å²) in [5.74, 6) is 0.672. The average molecular weight is 234 g/mol. The zero-order chi connectivity index (χ0) is 13.0. The van der Waals surface area contributed by atoms with Gasteiger partial charge in [0.2, 0.25) is 0 Å². The number of rotatable bonds is 5. The fourth-order valence-electron chi connectivity index (χ4n) is 1.98. The number of nitrogens with two attached hydrogens (primary N) is 1. The van der Waals surface area contributed by atoms with Crippen molar-refractivity contribution in [1.29, 1.82) is 0 Å². The normalized spacial score (nSPS) is 13.2. The average Bonchev–Trinajstić information content (AvgIpc) is 2.25. The van der Waals surface area contributed by atoms with Crippen LogP contribution in [0.1, 0.15) is 46.2 Å². The predicted octanol–water partition coefficient (Wildman–Crippen LogP) is 3.58. The highest BCUT2D eigenvalue weighted by atomic mass is 15.1. The molecule has 0 aliphatic heterocycles. The molecule has 0 heterocycles. The Morgan fingerprint density at radius 3 is 1.88 bits per heavy atom. The van der Waals surface area contributed by atoms with Gasteiger partial charge in [-0.15, -0.1) is 0 Å². The fraction of sp³-hybridized carbons (Fsp3) is 0.600. The van der Waals surface area contributed by atoms with Crippen LogP contribution in [-0.4, -0.2) is 12.6 Å². The first-order valence-electron chi connectivity index (χ1n) is 6.54. The lowest BCUT2D eigenvalue weighted by Gasteiger charge is -2.31. The molecule has 1 aromatic rings. The Morgan fingerprint density at radius 2 is 1.53 bits per heavy atom. The van der Waals surface area contributed by atoms with Crippen LogP contribution in [0.5, 0.6) is 0 Å². The van der Waals surface area contributed by atoms with E-state index in [4.69, 9.17) is 5.73 Å². The van der Waals surface area contributed by atoms with Gasteiger partial charge in [0, 0.05) is 24.3 Å². The zero-order valence-corrected chi connectivity index (χ0v) is 11.8. The van der Waals surface area contributed by atoms with E-state index >= 15 is 0 Å². The number of anilines is 1. The molecular formula is C15H26N2. The summed E-state index contributed by atoms with van der Waals surface area (Å²) in [7, 11) is 0. The minimum absolute atomic E-state index is 0.113. The molecule has 96 valence electrons. The van der Waals surface area contributed by atoms with Gasteiger partial charge in [-0.1, -0.05) is 26.0 Å². The molecule has 1 aromatic carbocycles. The summed E-state index contributed by atoms with van der Waals surface area (Å²) >= 11 is 0. The summed E-state index contributed by atoms with van der Waals surface area (Å²) < 4.78 is 0. The van der Waals surface area contributed by atoms with Crippen molar-refractivity contribution in [2.24, 2.45) is 11.7 Å². The van der Waals surface area contributed by atoms with Gasteiger partial charge in [-0.2, -0.15) is 0 Å². The molecule has 0 spiro atoms. The molecule has 0 bridgehead atoms. The fourth-order valence-corrected chi connectivity index (χ4v) is 1.98. The molecule has 0 aromatic heterocycles. The first kappa shape index (κ1) is 14.0. The molecule has 2 heteroatoms. The molecule has 0 unspecified atom stereocenters. The van der Waals surface area contributed by atoms with E-state index in [2.05, 4.69) is 56.9 Å². The van der Waals surface area contributed by atoms with Gasteiger partial charge in [-0.3, -0.25) is 0 Å². The largest absolute Gasteiger partial charge is 0.369 e. The molecule has 1 atom stereocenters. The van der Waals surface area contributed by atoms with Crippen LogP contribution in [0.4, 0.5) is 5.69 Å². The van der Waals surface area contributed by atoms with Gasteiger partial charge in [0.05, 0.1) is 0 Å². The van der Waals surface area contributed by atoms with Crippen LogP contribution in [0, 0.1) is 5.92 Å². The van der Waals surface area contributed by atoms with Gasteiger partial charge >= 0.3 is 0 Å². The first-order chi connectivity index (χ1) is 7.91. The van der Waals surface area contributed by atoms with Crippen LogP contribution in [0.3, 0.4) is 0 Å². The van der Waals surface area contributed by atoms with Crippen LogP contribution in [-0.2, 0) is 0 Å². The van der Waals surface area contributed by atoms with Gasteiger partial charge in [0.1, 0.15) is 0 Å². The maximum atomic E-state index is 5.87. The lowest BCUT2D eigenvalue weighted by molar-refractivity contribution is 0.571. The van der Waals surface area contributed by atoms with E-state index in [9.17, 15) is 0 Å². The number of benzene rings is 1. The van der Waals surface area contributed by atoms with E-state index in [0.717, 1.165) is 6.54 Å². The van der Waals surface area contributed by atoms with E-state index in [0.29, 0.717) is 12.0 Å². The van der Waals surface area contributed by atoms with Crippen molar-refractivity contribution < 1.29 is 0 Å². The van der Waals surface area contributed by atoms with Crippen molar-refractivity contribution in [3.05, 3.63) is 29.8 Å². The Hall–Kier alpha value is -1.02. The zero-order valence-electron chi connectivity index (χ0n) is 11.8. The summed E-state index contributed by atoms with van der Waals surface area (Å²) in [5, 5.41) is 0. The third-order valence-corrected chi connectivity index (χ3v) is 2.94. The second-order valence-electron chi connectivity index (χ2n) is 5.52. The third-order valence-electron chi connectivity index (χ3n) is 2.94. The molecule has 0 saturated heterocycles. The monoisotopic (exact) mass is 234 g/mol. The van der Waals surface area contributed by atoms with Crippen LogP contribution >= 0.6 is 0 Å². The minimum atomic E-state index is 0.113. The molecule has 0 aliphatic carbocycles. The summed E-state index contributed by atoms with van der Waals surface area (Å²) in [6.07, 6.45) is 0. The third kappa shape index (κ3) is 4.04. The number of hydrogen-bond acceptors (Lipinski definition) is 2. The first-order valence-corrected chi connectivity index (χ1v) is 6.54. The van der Waals surface area contributed by atoms with E-state index in [1.165, 1.54) is 11.3 Å². The van der Waals surface area contributed by atoms with E-state index in [-0.39, 0.29) is 6.04 Å². The van der Waals surface area contributed by atoms with Crippen molar-refractivity contribution in [3.63, 3.8) is 0 Å². The summed E-state index contributed by atoms with van der Waals surface area (Å²) in [4.78, 5) is 2.44. The predicted molar refractivity (Wildman–Crippen MR) is 76.4 cm³/mol. The maximum Gasteiger partial charge on any atom is 0.0368 e. The molecule has 0 aliphatic rings. The molecule has 0 saturated carbocycles. The van der Waals surface area contributed by atoms with Crippen molar-refractivity contribution in [3.8, 4) is 0 Å². The van der Waals surface area contributed by atoms with Crippen LogP contribution < -0.4 is 10.6 Å². The Labute approximate surface area is 106 Å². The minimum Gasteiger partial charge on any atom is -0.369 e. The second-order valence-corrected chi connectivity index (χ2v) is 5.52. The molecule has 2 N–H and O–H groups in total. The number of nitrogens with zero attached hydrogens (tertiary/aromatic N) is 1. The Kier molecular flexibility index (Phi) is 5.01. The highest BCUT2D eigenvalue weighted by Gasteiger charge is 2.12. The summed E-state index contributed by atoms with van der Waals surface area (Å²) in [5.41, 5.74) is 8.35. The second kappa shape index (κ2) is 6.06. The van der Waals surface area contributed by atoms with Gasteiger partial charge in [0.15, 0.2) is 0 Å². The van der Waals surface area contributed by atoms with Gasteiger partial charge in [-0.25, -0.2) is 0 Å². The molecule has 0 radical (unpaired) electrons. The Morgan fingerprint density at radius 1 is 1.00 bits per heavy atom. The molecule has 0 amide bonds. The van der Waals surface area contributed by atoms with Crippen LogP contribution in [0.2, 0.25) is 0 Å². The lowest BCUT2D eigenvalue weighted by Crippen LogP contribution is -2.34. The highest BCUT2D eigenvalue weighted by molar-refractivity contribution is 5.48. The van der Waals surface area contributed by atoms with Crippen molar-refractivity contribution >= 4 is 5.69 Å². The van der Waals surface area contributed by atoms with Crippen molar-refractivity contribution in [1.82, 2.24) is 0 Å².